The minimum absolute atomic E-state index is 0.0521. The monoisotopic (exact) mass is 258 g/mol. The third-order valence-electron chi connectivity index (χ3n) is 3.03. The van der Waals surface area contributed by atoms with Gasteiger partial charge < -0.3 is 14.5 Å². The quantitative estimate of drug-likeness (QED) is 0.706. The second-order valence-corrected chi connectivity index (χ2v) is 5.92. The molecule has 0 aliphatic carbocycles. The number of carbonyl (C=O) groups excluding carboxylic acids is 2. The highest BCUT2D eigenvalue weighted by Crippen LogP contribution is 2.24. The summed E-state index contributed by atoms with van der Waals surface area (Å²) in [6, 6.07) is 0. The standard InChI is InChI=1S/C12H19FN2O3/c1-12(2,3)18-11(17)15-4-8(5-15)10(16)14-6-9(13)7-14/h8-9H,4-7H2,1-3H3. The fourth-order valence-corrected chi connectivity index (χ4v) is 1.97. The lowest BCUT2D eigenvalue weighted by Crippen LogP contribution is -2.61. The molecule has 2 rings (SSSR count). The van der Waals surface area contributed by atoms with Gasteiger partial charge in [0.1, 0.15) is 11.8 Å². The van der Waals surface area contributed by atoms with Crippen LogP contribution >= 0.6 is 0 Å². The highest BCUT2D eigenvalue weighted by molar-refractivity contribution is 5.83. The van der Waals surface area contributed by atoms with E-state index in [1.165, 1.54) is 9.80 Å². The highest BCUT2D eigenvalue weighted by Gasteiger charge is 2.42. The molecule has 0 aromatic rings. The highest BCUT2D eigenvalue weighted by atomic mass is 19.1. The third-order valence-corrected chi connectivity index (χ3v) is 3.03. The zero-order chi connectivity index (χ0) is 13.5. The number of hydrogen-bond donors (Lipinski definition) is 0. The van der Waals surface area contributed by atoms with E-state index >= 15 is 0 Å². The molecular weight excluding hydrogens is 239 g/mol. The number of ether oxygens (including phenoxy) is 1. The number of halogens is 1. The first-order chi connectivity index (χ1) is 8.26. The predicted molar refractivity (Wildman–Crippen MR) is 62.8 cm³/mol. The third kappa shape index (κ3) is 2.73. The number of rotatable bonds is 1. The Labute approximate surface area is 106 Å². The van der Waals surface area contributed by atoms with Gasteiger partial charge in [-0.15, -0.1) is 0 Å². The smallest absolute Gasteiger partial charge is 0.410 e. The average molecular weight is 258 g/mol. The molecule has 2 heterocycles. The number of hydrogen-bond acceptors (Lipinski definition) is 3. The van der Waals surface area contributed by atoms with E-state index in [9.17, 15) is 14.0 Å². The number of amides is 2. The van der Waals surface area contributed by atoms with Crippen molar-refractivity contribution >= 4 is 12.0 Å². The van der Waals surface area contributed by atoms with E-state index in [2.05, 4.69) is 0 Å². The van der Waals surface area contributed by atoms with Gasteiger partial charge in [0.15, 0.2) is 0 Å². The summed E-state index contributed by atoms with van der Waals surface area (Å²) < 4.78 is 17.8. The molecule has 0 saturated carbocycles. The normalized spacial score (nSPS) is 21.3. The van der Waals surface area contributed by atoms with Crippen molar-refractivity contribution in [1.29, 1.82) is 0 Å². The molecule has 0 radical (unpaired) electrons. The lowest BCUT2D eigenvalue weighted by Gasteiger charge is -2.43. The van der Waals surface area contributed by atoms with Gasteiger partial charge in [-0.25, -0.2) is 9.18 Å². The van der Waals surface area contributed by atoms with E-state index in [4.69, 9.17) is 4.74 Å². The van der Waals surface area contributed by atoms with E-state index in [0.717, 1.165) is 0 Å². The van der Waals surface area contributed by atoms with Crippen molar-refractivity contribution in [2.24, 2.45) is 5.92 Å². The molecule has 0 spiro atoms. The zero-order valence-corrected chi connectivity index (χ0v) is 11.0. The van der Waals surface area contributed by atoms with Gasteiger partial charge in [0.2, 0.25) is 5.91 Å². The molecule has 5 nitrogen and oxygen atoms in total. The molecule has 18 heavy (non-hydrogen) atoms. The van der Waals surface area contributed by atoms with Crippen LogP contribution in [0.25, 0.3) is 0 Å². The lowest BCUT2D eigenvalue weighted by atomic mass is 9.97. The van der Waals surface area contributed by atoms with Crippen LogP contribution in [0.5, 0.6) is 0 Å². The second kappa shape index (κ2) is 4.40. The van der Waals surface area contributed by atoms with Crippen LogP contribution in [0.3, 0.4) is 0 Å². The molecule has 2 aliphatic rings. The molecule has 0 bridgehead atoms. The van der Waals surface area contributed by atoms with Crippen LogP contribution in [0.1, 0.15) is 20.8 Å². The van der Waals surface area contributed by atoms with Crippen LogP contribution in [0.2, 0.25) is 0 Å². The molecule has 0 aromatic heterocycles. The maximum Gasteiger partial charge on any atom is 0.410 e. The average Bonchev–Trinajstić information content (AvgIpc) is 2.06. The van der Waals surface area contributed by atoms with Gasteiger partial charge in [-0.3, -0.25) is 4.79 Å². The summed E-state index contributed by atoms with van der Waals surface area (Å²) in [5.74, 6) is -0.242. The van der Waals surface area contributed by atoms with Crippen molar-refractivity contribution in [2.75, 3.05) is 26.2 Å². The predicted octanol–water partition coefficient (Wildman–Crippen LogP) is 1.03. The molecule has 0 N–H and O–H groups in total. The van der Waals surface area contributed by atoms with Crippen molar-refractivity contribution in [3.8, 4) is 0 Å². The molecule has 2 fully saturated rings. The molecule has 102 valence electrons. The Bertz CT molecular complexity index is 355. The van der Waals surface area contributed by atoms with Crippen LogP contribution in [-0.2, 0) is 9.53 Å². The number of likely N-dealkylation sites (tertiary alicyclic amines) is 2. The first-order valence-corrected chi connectivity index (χ1v) is 6.17. The first kappa shape index (κ1) is 13.1. The maximum atomic E-state index is 12.6. The van der Waals surface area contributed by atoms with Gasteiger partial charge in [0.25, 0.3) is 0 Å². The Morgan fingerprint density at radius 1 is 1.11 bits per heavy atom. The van der Waals surface area contributed by atoms with Crippen LogP contribution in [0.15, 0.2) is 0 Å². The minimum Gasteiger partial charge on any atom is -0.444 e. The van der Waals surface area contributed by atoms with E-state index < -0.39 is 17.9 Å². The van der Waals surface area contributed by atoms with E-state index in [1.54, 1.807) is 20.8 Å². The van der Waals surface area contributed by atoms with Gasteiger partial charge >= 0.3 is 6.09 Å². The van der Waals surface area contributed by atoms with E-state index in [-0.39, 0.29) is 24.9 Å². The zero-order valence-electron chi connectivity index (χ0n) is 11.0. The summed E-state index contributed by atoms with van der Waals surface area (Å²) in [5.41, 5.74) is -0.523. The first-order valence-electron chi connectivity index (χ1n) is 6.17. The van der Waals surface area contributed by atoms with Crippen molar-refractivity contribution in [2.45, 2.75) is 32.5 Å². The molecule has 0 aromatic carbocycles. The summed E-state index contributed by atoms with van der Waals surface area (Å²) in [4.78, 5) is 26.4. The lowest BCUT2D eigenvalue weighted by molar-refractivity contribution is -0.147. The Morgan fingerprint density at radius 2 is 1.67 bits per heavy atom. The molecular formula is C12H19FN2O3. The van der Waals surface area contributed by atoms with Crippen molar-refractivity contribution < 1.29 is 18.7 Å². The van der Waals surface area contributed by atoms with Crippen LogP contribution in [0.4, 0.5) is 9.18 Å². The fourth-order valence-electron chi connectivity index (χ4n) is 1.97. The summed E-state index contributed by atoms with van der Waals surface area (Å²) in [6.07, 6.45) is -1.27. The van der Waals surface area contributed by atoms with Crippen molar-refractivity contribution in [3.63, 3.8) is 0 Å². The van der Waals surface area contributed by atoms with Gasteiger partial charge in [0.05, 0.1) is 19.0 Å². The Hall–Kier alpha value is -1.33. The van der Waals surface area contributed by atoms with Crippen LogP contribution < -0.4 is 0 Å². The number of alkyl halides is 1. The molecule has 2 aliphatic heterocycles. The molecule has 0 atom stereocenters. The number of nitrogens with zero attached hydrogens (tertiary/aromatic N) is 2. The molecule has 6 heteroatoms. The summed E-state index contributed by atoms with van der Waals surface area (Å²) in [5, 5.41) is 0. The van der Waals surface area contributed by atoms with Crippen LogP contribution in [0, 0.1) is 5.92 Å². The van der Waals surface area contributed by atoms with Crippen LogP contribution in [-0.4, -0.2) is 59.8 Å². The van der Waals surface area contributed by atoms with Gasteiger partial charge in [-0.05, 0) is 20.8 Å². The van der Waals surface area contributed by atoms with Crippen molar-refractivity contribution in [3.05, 3.63) is 0 Å². The maximum absolute atomic E-state index is 12.6. The summed E-state index contributed by atoms with van der Waals surface area (Å²) >= 11 is 0. The SMILES string of the molecule is CC(C)(C)OC(=O)N1CC(C(=O)N2CC(F)C2)C1. The summed E-state index contributed by atoms with van der Waals surface area (Å²) in [6.45, 7) is 6.55. The fraction of sp³-hybridized carbons (Fsp3) is 0.833. The summed E-state index contributed by atoms with van der Waals surface area (Å²) in [7, 11) is 0. The van der Waals surface area contributed by atoms with Gasteiger partial charge in [-0.1, -0.05) is 0 Å². The van der Waals surface area contributed by atoms with Gasteiger partial charge in [-0.2, -0.15) is 0 Å². The largest absolute Gasteiger partial charge is 0.444 e. The Morgan fingerprint density at radius 3 is 2.11 bits per heavy atom. The van der Waals surface area contributed by atoms with Gasteiger partial charge in [0, 0.05) is 13.1 Å². The molecule has 0 unspecified atom stereocenters. The topological polar surface area (TPSA) is 49.9 Å². The van der Waals surface area contributed by atoms with Crippen molar-refractivity contribution in [1.82, 2.24) is 9.80 Å². The minimum atomic E-state index is -0.879. The molecule has 2 amide bonds. The Kier molecular flexibility index (Phi) is 3.21. The van der Waals surface area contributed by atoms with E-state index in [0.29, 0.717) is 13.1 Å². The Balaban J connectivity index is 1.73. The van der Waals surface area contributed by atoms with E-state index in [1.807, 2.05) is 0 Å². The number of carbonyl (C=O) groups is 2. The molecule has 2 saturated heterocycles. The second-order valence-electron chi connectivity index (χ2n) is 5.92.